The molecule has 1 unspecified atom stereocenters. The maximum Gasteiger partial charge on any atom is 0.235 e. The minimum atomic E-state index is -0.226. The van der Waals surface area contributed by atoms with Gasteiger partial charge in [-0.25, -0.2) is 0 Å². The molecule has 0 saturated carbocycles. The van der Waals surface area contributed by atoms with Crippen molar-refractivity contribution in [3.63, 3.8) is 0 Å². The lowest BCUT2D eigenvalue weighted by atomic mass is 10.3. The fourth-order valence-corrected chi connectivity index (χ4v) is 1.51. The van der Waals surface area contributed by atoms with E-state index in [9.17, 15) is 4.79 Å². The van der Waals surface area contributed by atoms with Crippen molar-refractivity contribution in [2.24, 2.45) is 0 Å². The molecule has 6 heteroatoms. The van der Waals surface area contributed by atoms with Gasteiger partial charge < -0.3 is 10.1 Å². The molecule has 0 spiro atoms. The molecule has 1 amide bonds. The zero-order valence-corrected chi connectivity index (χ0v) is 11.4. The first kappa shape index (κ1) is 14.4. The van der Waals surface area contributed by atoms with Crippen molar-refractivity contribution < 1.29 is 9.53 Å². The number of ether oxygens (including phenoxy) is 1. The highest BCUT2D eigenvalue weighted by Crippen LogP contribution is 2.26. The summed E-state index contributed by atoms with van der Waals surface area (Å²) in [5.41, 5.74) is 0. The maximum atomic E-state index is 10.9. The molecule has 1 atom stereocenters. The SMILES string of the molecule is CC(CNC(=O)CCl)Oc1ccc(Cl)c(Cl)c1. The van der Waals surface area contributed by atoms with Crippen LogP contribution in [-0.2, 0) is 4.79 Å². The Labute approximate surface area is 115 Å². The van der Waals surface area contributed by atoms with E-state index >= 15 is 0 Å². The summed E-state index contributed by atoms with van der Waals surface area (Å²) in [4.78, 5) is 10.9. The average molecular weight is 297 g/mol. The molecule has 0 aliphatic carbocycles. The quantitative estimate of drug-likeness (QED) is 0.848. The summed E-state index contributed by atoms with van der Waals surface area (Å²) < 4.78 is 5.54. The molecular weight excluding hydrogens is 284 g/mol. The second-order valence-electron chi connectivity index (χ2n) is 3.44. The predicted octanol–water partition coefficient (Wildman–Crippen LogP) is 3.12. The van der Waals surface area contributed by atoms with E-state index in [1.165, 1.54) is 0 Å². The fourth-order valence-electron chi connectivity index (χ4n) is 1.13. The summed E-state index contributed by atoms with van der Waals surface area (Å²) in [5, 5.41) is 3.53. The van der Waals surface area contributed by atoms with Gasteiger partial charge in [0.1, 0.15) is 17.7 Å². The van der Waals surface area contributed by atoms with Crippen molar-refractivity contribution in [1.29, 1.82) is 0 Å². The average Bonchev–Trinajstić information content (AvgIpc) is 2.31. The summed E-state index contributed by atoms with van der Waals surface area (Å²) >= 11 is 17.0. The van der Waals surface area contributed by atoms with E-state index in [1.54, 1.807) is 18.2 Å². The molecule has 0 bridgehead atoms. The van der Waals surface area contributed by atoms with Crippen molar-refractivity contribution in [1.82, 2.24) is 5.32 Å². The number of amides is 1. The van der Waals surface area contributed by atoms with Gasteiger partial charge in [-0.2, -0.15) is 0 Å². The van der Waals surface area contributed by atoms with Crippen molar-refractivity contribution >= 4 is 40.7 Å². The second kappa shape index (κ2) is 6.94. The molecule has 17 heavy (non-hydrogen) atoms. The minimum absolute atomic E-state index is 0.0561. The van der Waals surface area contributed by atoms with E-state index in [0.717, 1.165) is 0 Å². The van der Waals surface area contributed by atoms with Crippen LogP contribution in [0, 0.1) is 0 Å². The van der Waals surface area contributed by atoms with Crippen LogP contribution in [0.4, 0.5) is 0 Å². The summed E-state index contributed by atoms with van der Waals surface area (Å²) in [6, 6.07) is 5.00. The molecule has 1 aromatic rings. The van der Waals surface area contributed by atoms with Crippen LogP contribution in [0.5, 0.6) is 5.75 Å². The normalized spacial score (nSPS) is 12.0. The molecule has 94 valence electrons. The first-order valence-corrected chi connectivity index (χ1v) is 6.26. The number of carbonyl (C=O) groups excluding carboxylic acids is 1. The van der Waals surface area contributed by atoms with Crippen LogP contribution in [-0.4, -0.2) is 24.4 Å². The molecule has 1 rings (SSSR count). The summed E-state index contributed by atoms with van der Waals surface area (Å²) in [6.07, 6.45) is -0.181. The van der Waals surface area contributed by atoms with Crippen LogP contribution in [0.2, 0.25) is 10.0 Å². The van der Waals surface area contributed by atoms with Crippen LogP contribution in [0.15, 0.2) is 18.2 Å². The highest BCUT2D eigenvalue weighted by molar-refractivity contribution is 6.42. The highest BCUT2D eigenvalue weighted by atomic mass is 35.5. The van der Waals surface area contributed by atoms with Gasteiger partial charge in [0.2, 0.25) is 5.91 Å². The third-order valence-electron chi connectivity index (χ3n) is 1.94. The van der Waals surface area contributed by atoms with Crippen molar-refractivity contribution in [2.75, 3.05) is 12.4 Å². The molecule has 0 aliphatic heterocycles. The Balaban J connectivity index is 2.47. The Hall–Kier alpha value is -0.640. The number of alkyl halides is 1. The highest BCUT2D eigenvalue weighted by Gasteiger charge is 2.07. The summed E-state index contributed by atoms with van der Waals surface area (Å²) in [6.45, 7) is 2.21. The monoisotopic (exact) mass is 295 g/mol. The van der Waals surface area contributed by atoms with Gasteiger partial charge in [0.15, 0.2) is 0 Å². The number of halogens is 3. The lowest BCUT2D eigenvalue weighted by molar-refractivity contribution is -0.119. The van der Waals surface area contributed by atoms with Gasteiger partial charge >= 0.3 is 0 Å². The topological polar surface area (TPSA) is 38.3 Å². The van der Waals surface area contributed by atoms with Crippen LogP contribution in [0.3, 0.4) is 0 Å². The summed E-state index contributed by atoms with van der Waals surface area (Å²) in [7, 11) is 0. The number of nitrogens with one attached hydrogen (secondary N) is 1. The molecule has 0 heterocycles. The third kappa shape index (κ3) is 5.02. The van der Waals surface area contributed by atoms with Gasteiger partial charge in [0.25, 0.3) is 0 Å². The Morgan fingerprint density at radius 3 is 2.71 bits per heavy atom. The van der Waals surface area contributed by atoms with Crippen molar-refractivity contribution in [3.05, 3.63) is 28.2 Å². The zero-order chi connectivity index (χ0) is 12.8. The Kier molecular flexibility index (Phi) is 5.89. The lowest BCUT2D eigenvalue weighted by Crippen LogP contribution is -2.34. The molecule has 1 aromatic carbocycles. The Bertz CT molecular complexity index is 398. The first-order valence-electron chi connectivity index (χ1n) is 4.97. The largest absolute Gasteiger partial charge is 0.489 e. The van der Waals surface area contributed by atoms with E-state index in [1.807, 2.05) is 6.92 Å². The molecule has 0 radical (unpaired) electrons. The third-order valence-corrected chi connectivity index (χ3v) is 2.92. The molecule has 0 fully saturated rings. The number of carbonyl (C=O) groups is 1. The van der Waals surface area contributed by atoms with E-state index in [0.29, 0.717) is 22.3 Å². The van der Waals surface area contributed by atoms with Gasteiger partial charge in [-0.3, -0.25) is 4.79 Å². The van der Waals surface area contributed by atoms with E-state index in [4.69, 9.17) is 39.5 Å². The summed E-state index contributed by atoms with van der Waals surface area (Å²) in [5.74, 6) is 0.322. The van der Waals surface area contributed by atoms with E-state index in [-0.39, 0.29) is 17.9 Å². The number of hydrogen-bond donors (Lipinski definition) is 1. The maximum absolute atomic E-state index is 10.9. The number of hydrogen-bond acceptors (Lipinski definition) is 2. The van der Waals surface area contributed by atoms with Gasteiger partial charge in [0.05, 0.1) is 16.6 Å². The molecular formula is C11H12Cl3NO2. The van der Waals surface area contributed by atoms with Crippen LogP contribution in [0.25, 0.3) is 0 Å². The van der Waals surface area contributed by atoms with Crippen LogP contribution < -0.4 is 10.1 Å². The number of rotatable bonds is 5. The molecule has 0 saturated heterocycles. The second-order valence-corrected chi connectivity index (χ2v) is 4.52. The van der Waals surface area contributed by atoms with Gasteiger partial charge in [-0.15, -0.1) is 11.6 Å². The molecule has 1 N–H and O–H groups in total. The molecule has 3 nitrogen and oxygen atoms in total. The zero-order valence-electron chi connectivity index (χ0n) is 9.17. The predicted molar refractivity (Wildman–Crippen MR) is 70.3 cm³/mol. The minimum Gasteiger partial charge on any atom is -0.489 e. The molecule has 0 aromatic heterocycles. The smallest absolute Gasteiger partial charge is 0.235 e. The van der Waals surface area contributed by atoms with Gasteiger partial charge in [-0.05, 0) is 19.1 Å². The molecule has 0 aliphatic rings. The van der Waals surface area contributed by atoms with E-state index in [2.05, 4.69) is 5.32 Å². The Morgan fingerprint density at radius 1 is 1.41 bits per heavy atom. The Morgan fingerprint density at radius 2 is 2.12 bits per heavy atom. The standard InChI is InChI=1S/C11H12Cl3NO2/c1-7(6-15-11(16)5-12)17-8-2-3-9(13)10(14)4-8/h2-4,7H,5-6H2,1H3,(H,15,16). The van der Waals surface area contributed by atoms with Gasteiger partial charge in [-0.1, -0.05) is 23.2 Å². The van der Waals surface area contributed by atoms with Crippen molar-refractivity contribution in [2.45, 2.75) is 13.0 Å². The van der Waals surface area contributed by atoms with Gasteiger partial charge in [0, 0.05) is 6.07 Å². The van der Waals surface area contributed by atoms with Crippen LogP contribution in [0.1, 0.15) is 6.92 Å². The van der Waals surface area contributed by atoms with Crippen molar-refractivity contribution in [3.8, 4) is 5.75 Å². The lowest BCUT2D eigenvalue weighted by Gasteiger charge is -2.15. The van der Waals surface area contributed by atoms with Crippen LogP contribution >= 0.6 is 34.8 Å². The van der Waals surface area contributed by atoms with E-state index < -0.39 is 0 Å². The fraction of sp³-hybridized carbons (Fsp3) is 0.364. The number of benzene rings is 1. The first-order chi connectivity index (χ1) is 8.02.